The van der Waals surface area contributed by atoms with Gasteiger partial charge in [-0.1, -0.05) is 13.8 Å². The second-order valence-corrected chi connectivity index (χ2v) is 8.77. The number of nitrogens with zero attached hydrogens (tertiary/aromatic N) is 4. The van der Waals surface area contributed by atoms with E-state index in [4.69, 9.17) is 19.6 Å². The van der Waals surface area contributed by atoms with E-state index in [0.29, 0.717) is 25.7 Å². The number of rotatable bonds is 10. The van der Waals surface area contributed by atoms with Crippen molar-refractivity contribution in [2.75, 3.05) is 64.5 Å². The normalized spacial score (nSPS) is 23.2. The number of ether oxygens (including phenoxy) is 2. The number of aryl methyl sites for hydroxylation is 1. The minimum absolute atomic E-state index is 0.211. The van der Waals surface area contributed by atoms with Crippen LogP contribution in [0.5, 0.6) is 0 Å². The summed E-state index contributed by atoms with van der Waals surface area (Å²) < 4.78 is 13.1. The molecule has 0 aliphatic carbocycles. The first-order chi connectivity index (χ1) is 16.2. The second-order valence-electron chi connectivity index (χ2n) is 8.77. The van der Waals surface area contributed by atoms with Gasteiger partial charge in [0.15, 0.2) is 12.1 Å². The second kappa shape index (κ2) is 11.8. The van der Waals surface area contributed by atoms with E-state index < -0.39 is 0 Å². The van der Waals surface area contributed by atoms with Crippen LogP contribution in [0, 0.1) is 5.92 Å². The van der Waals surface area contributed by atoms with Crippen molar-refractivity contribution in [3.8, 4) is 0 Å². The lowest BCUT2D eigenvalue weighted by molar-refractivity contribution is 0.0382. The van der Waals surface area contributed by atoms with Crippen molar-refractivity contribution in [1.82, 2.24) is 30.6 Å². The molecule has 3 aliphatic heterocycles. The number of hydrogen-bond donors (Lipinski definition) is 4. The van der Waals surface area contributed by atoms with Gasteiger partial charge in [0, 0.05) is 39.3 Å². The number of anilines is 1. The SMILES string of the molecule is CCOCCn1nc(CC)c2c1C(NC1=CC(C)CCN1)=NC(NCCN1CCOCC1)N2. The van der Waals surface area contributed by atoms with E-state index in [9.17, 15) is 0 Å². The molecule has 10 heteroatoms. The summed E-state index contributed by atoms with van der Waals surface area (Å²) in [4.78, 5) is 7.44. The molecule has 33 heavy (non-hydrogen) atoms. The van der Waals surface area contributed by atoms with Gasteiger partial charge in [0.1, 0.15) is 11.5 Å². The highest BCUT2D eigenvalue weighted by atomic mass is 16.5. The van der Waals surface area contributed by atoms with E-state index in [1.54, 1.807) is 0 Å². The average Bonchev–Trinajstić information content (AvgIpc) is 3.18. The molecular formula is C23H40N8O2. The third-order valence-corrected chi connectivity index (χ3v) is 6.26. The van der Waals surface area contributed by atoms with Crippen LogP contribution in [0.3, 0.4) is 0 Å². The van der Waals surface area contributed by atoms with E-state index in [1.165, 1.54) is 0 Å². The van der Waals surface area contributed by atoms with Gasteiger partial charge in [0.2, 0.25) is 0 Å². The molecule has 3 aliphatic rings. The van der Waals surface area contributed by atoms with Gasteiger partial charge in [-0.15, -0.1) is 0 Å². The van der Waals surface area contributed by atoms with Gasteiger partial charge >= 0.3 is 0 Å². The molecule has 184 valence electrons. The van der Waals surface area contributed by atoms with E-state index >= 15 is 0 Å². The van der Waals surface area contributed by atoms with Gasteiger partial charge in [0.25, 0.3) is 0 Å². The molecule has 4 heterocycles. The number of allylic oxidation sites excluding steroid dienone is 1. The van der Waals surface area contributed by atoms with Crippen LogP contribution >= 0.6 is 0 Å². The standard InChI is InChI=1S/C23H40N8O2/c1-4-18-20-21(31(29-18)12-15-32-5-2)22(26-19-16-17(3)6-7-24-19)28-23(27-20)25-8-9-30-10-13-33-14-11-30/h16-17,23-25,27H,4-15H2,1-3H3,(H,26,28). The summed E-state index contributed by atoms with van der Waals surface area (Å²) in [7, 11) is 0. The molecule has 10 nitrogen and oxygen atoms in total. The monoisotopic (exact) mass is 460 g/mol. The van der Waals surface area contributed by atoms with Gasteiger partial charge in [-0.2, -0.15) is 5.10 Å². The highest BCUT2D eigenvalue weighted by Gasteiger charge is 2.29. The Bertz CT molecular complexity index is 831. The van der Waals surface area contributed by atoms with Crippen molar-refractivity contribution in [3.05, 3.63) is 23.3 Å². The Morgan fingerprint density at radius 3 is 2.85 bits per heavy atom. The number of fused-ring (bicyclic) bond motifs is 1. The fourth-order valence-electron chi connectivity index (χ4n) is 4.41. The average molecular weight is 461 g/mol. The molecule has 2 unspecified atom stereocenters. The van der Waals surface area contributed by atoms with Crippen LogP contribution < -0.4 is 21.3 Å². The molecule has 1 fully saturated rings. The van der Waals surface area contributed by atoms with Gasteiger partial charge in [-0.3, -0.25) is 14.9 Å². The smallest absolute Gasteiger partial charge is 0.176 e. The maximum atomic E-state index is 5.61. The molecule has 0 bridgehead atoms. The van der Waals surface area contributed by atoms with Crippen LogP contribution in [-0.4, -0.2) is 86.0 Å². The Labute approximate surface area is 197 Å². The van der Waals surface area contributed by atoms with Gasteiger partial charge in [0.05, 0.1) is 37.7 Å². The number of morpholine rings is 1. The molecule has 0 spiro atoms. The predicted octanol–water partition coefficient (Wildman–Crippen LogP) is 0.920. The molecule has 0 amide bonds. The van der Waals surface area contributed by atoms with Crippen LogP contribution in [0.15, 0.2) is 16.9 Å². The number of hydrogen-bond acceptors (Lipinski definition) is 9. The zero-order valence-electron chi connectivity index (χ0n) is 20.3. The van der Waals surface area contributed by atoms with Crippen molar-refractivity contribution in [2.45, 2.75) is 46.4 Å². The van der Waals surface area contributed by atoms with Crippen LogP contribution in [0.25, 0.3) is 0 Å². The summed E-state index contributed by atoms with van der Waals surface area (Å²) in [5.74, 6) is 2.39. The maximum Gasteiger partial charge on any atom is 0.176 e. The quantitative estimate of drug-likeness (QED) is 0.383. The fraction of sp³-hybridized carbons (Fsp3) is 0.739. The summed E-state index contributed by atoms with van der Waals surface area (Å²) in [6.07, 6.45) is 4.03. The summed E-state index contributed by atoms with van der Waals surface area (Å²) >= 11 is 0. The maximum absolute atomic E-state index is 5.61. The Morgan fingerprint density at radius 1 is 1.24 bits per heavy atom. The lowest BCUT2D eigenvalue weighted by atomic mass is 10.1. The highest BCUT2D eigenvalue weighted by Crippen LogP contribution is 2.27. The van der Waals surface area contributed by atoms with Crippen LogP contribution in [0.2, 0.25) is 0 Å². The molecule has 1 aromatic rings. The van der Waals surface area contributed by atoms with Crippen LogP contribution in [-0.2, 0) is 22.4 Å². The lowest BCUT2D eigenvalue weighted by Gasteiger charge is -2.30. The van der Waals surface area contributed by atoms with Crippen molar-refractivity contribution in [3.63, 3.8) is 0 Å². The molecule has 0 radical (unpaired) electrons. The van der Waals surface area contributed by atoms with Crippen molar-refractivity contribution >= 4 is 11.5 Å². The first-order valence-electron chi connectivity index (χ1n) is 12.5. The lowest BCUT2D eigenvalue weighted by Crippen LogP contribution is -2.47. The largest absolute Gasteiger partial charge is 0.380 e. The molecule has 0 aromatic carbocycles. The van der Waals surface area contributed by atoms with Gasteiger partial charge in [-0.05, 0) is 31.8 Å². The van der Waals surface area contributed by atoms with Crippen LogP contribution in [0.1, 0.15) is 38.6 Å². The third-order valence-electron chi connectivity index (χ3n) is 6.26. The zero-order chi connectivity index (χ0) is 23.0. The fourth-order valence-corrected chi connectivity index (χ4v) is 4.41. The van der Waals surface area contributed by atoms with Crippen LogP contribution in [0.4, 0.5) is 5.69 Å². The van der Waals surface area contributed by atoms with Gasteiger partial charge < -0.3 is 25.4 Å². The summed E-state index contributed by atoms with van der Waals surface area (Å²) in [6.45, 7) is 14.8. The Morgan fingerprint density at radius 2 is 2.09 bits per heavy atom. The topological polar surface area (TPSA) is 100 Å². The Balaban J connectivity index is 1.53. The Hall–Kier alpha value is -2.14. The van der Waals surface area contributed by atoms with Crippen molar-refractivity contribution in [2.24, 2.45) is 10.9 Å². The number of aromatic nitrogens is 2. The number of aliphatic imine (C=N–C) groups is 1. The molecule has 4 N–H and O–H groups in total. The first-order valence-corrected chi connectivity index (χ1v) is 12.5. The molecule has 0 saturated carbocycles. The summed E-state index contributed by atoms with van der Waals surface area (Å²) in [6, 6.07) is 0. The number of nitrogens with one attached hydrogen (secondary N) is 4. The van der Waals surface area contributed by atoms with Gasteiger partial charge in [-0.25, -0.2) is 4.99 Å². The summed E-state index contributed by atoms with van der Waals surface area (Å²) in [5.41, 5.74) is 3.10. The predicted molar refractivity (Wildman–Crippen MR) is 130 cm³/mol. The van der Waals surface area contributed by atoms with Crippen molar-refractivity contribution < 1.29 is 9.47 Å². The molecule has 4 rings (SSSR count). The van der Waals surface area contributed by atoms with E-state index in [-0.39, 0.29) is 6.29 Å². The minimum Gasteiger partial charge on any atom is -0.380 e. The molecule has 1 saturated heterocycles. The summed E-state index contributed by atoms with van der Waals surface area (Å²) in [5, 5.41) is 19.1. The zero-order valence-corrected chi connectivity index (χ0v) is 20.3. The van der Waals surface area contributed by atoms with E-state index in [2.05, 4.69) is 46.1 Å². The molecule has 2 atom stereocenters. The molecule has 1 aromatic heterocycles. The number of amidine groups is 1. The molecular weight excluding hydrogens is 420 g/mol. The Kier molecular flexibility index (Phi) is 8.60. The van der Waals surface area contributed by atoms with E-state index in [1.807, 2.05) is 11.6 Å². The third kappa shape index (κ3) is 6.26. The highest BCUT2D eigenvalue weighted by molar-refractivity contribution is 6.04. The minimum atomic E-state index is -0.211. The van der Waals surface area contributed by atoms with Crippen molar-refractivity contribution in [1.29, 1.82) is 0 Å². The first kappa shape index (κ1) is 24.0. The van der Waals surface area contributed by atoms with E-state index in [0.717, 1.165) is 87.5 Å².